The van der Waals surface area contributed by atoms with Crippen LogP contribution in [0.4, 0.5) is 0 Å². The minimum absolute atomic E-state index is 0.0284. The Morgan fingerprint density at radius 1 is 1.14 bits per heavy atom. The summed E-state index contributed by atoms with van der Waals surface area (Å²) in [6, 6.07) is 5.07. The highest BCUT2D eigenvalue weighted by molar-refractivity contribution is 7.89. The standard InChI is InChI=1S/C17H26N2O2S/c1-11-7-12(2)17(13(3)8-11)22(20,21)18-15-9-14(4)19(10-15)16-5-6-16/h7-8,14-16,18H,5-6,9-10H2,1-4H3/t14-,15-/m0/s1. The summed E-state index contributed by atoms with van der Waals surface area (Å²) in [5.41, 5.74) is 2.76. The molecule has 3 rings (SSSR count). The number of nitrogens with zero attached hydrogens (tertiary/aromatic N) is 1. The molecule has 2 fully saturated rings. The summed E-state index contributed by atoms with van der Waals surface area (Å²) in [5.74, 6) is 0. The van der Waals surface area contributed by atoms with Gasteiger partial charge in [0.05, 0.1) is 4.90 Å². The Kier molecular flexibility index (Phi) is 4.08. The highest BCUT2D eigenvalue weighted by Gasteiger charge is 2.40. The van der Waals surface area contributed by atoms with Gasteiger partial charge in [0.15, 0.2) is 0 Å². The lowest BCUT2D eigenvalue weighted by atomic mass is 10.1. The van der Waals surface area contributed by atoms with Crippen LogP contribution in [0.25, 0.3) is 0 Å². The average Bonchev–Trinajstić information content (AvgIpc) is 3.12. The van der Waals surface area contributed by atoms with E-state index >= 15 is 0 Å². The van der Waals surface area contributed by atoms with Crippen molar-refractivity contribution in [2.45, 2.75) is 70.0 Å². The molecule has 1 aromatic rings. The van der Waals surface area contributed by atoms with E-state index in [1.807, 2.05) is 32.9 Å². The summed E-state index contributed by atoms with van der Waals surface area (Å²) >= 11 is 0. The molecule has 2 aliphatic rings. The maximum atomic E-state index is 12.8. The average molecular weight is 322 g/mol. The van der Waals surface area contributed by atoms with Crippen molar-refractivity contribution in [1.29, 1.82) is 0 Å². The first kappa shape index (κ1) is 16.0. The monoisotopic (exact) mass is 322 g/mol. The summed E-state index contributed by atoms with van der Waals surface area (Å²) in [7, 11) is -3.45. The first-order valence-corrected chi connectivity index (χ1v) is 9.62. The Morgan fingerprint density at radius 3 is 2.27 bits per heavy atom. The number of rotatable bonds is 4. The fraction of sp³-hybridized carbons (Fsp3) is 0.647. The van der Waals surface area contributed by atoms with Gasteiger partial charge in [0.25, 0.3) is 0 Å². The molecule has 4 nitrogen and oxygen atoms in total. The molecule has 2 atom stereocenters. The third-order valence-electron chi connectivity index (χ3n) is 4.83. The normalized spacial score (nSPS) is 26.5. The molecular weight excluding hydrogens is 296 g/mol. The lowest BCUT2D eigenvalue weighted by Gasteiger charge is -2.20. The Balaban J connectivity index is 1.80. The quantitative estimate of drug-likeness (QED) is 0.926. The number of likely N-dealkylation sites (tertiary alicyclic amines) is 1. The van der Waals surface area contributed by atoms with Gasteiger partial charge < -0.3 is 0 Å². The topological polar surface area (TPSA) is 49.4 Å². The van der Waals surface area contributed by atoms with E-state index in [9.17, 15) is 8.42 Å². The molecular formula is C17H26N2O2S. The third-order valence-corrected chi connectivity index (χ3v) is 6.66. The lowest BCUT2D eigenvalue weighted by Crippen LogP contribution is -2.38. The number of hydrogen-bond donors (Lipinski definition) is 1. The van der Waals surface area contributed by atoms with Crippen LogP contribution < -0.4 is 4.72 Å². The molecule has 1 saturated heterocycles. The summed E-state index contributed by atoms with van der Waals surface area (Å²) in [5, 5.41) is 0. The molecule has 1 saturated carbocycles. The fourth-order valence-corrected chi connectivity index (χ4v) is 5.62. The highest BCUT2D eigenvalue weighted by Crippen LogP contribution is 2.34. The fourth-order valence-electron chi connectivity index (χ4n) is 3.93. The number of benzene rings is 1. The maximum absolute atomic E-state index is 12.8. The predicted molar refractivity (Wildman–Crippen MR) is 88.6 cm³/mol. The minimum Gasteiger partial charge on any atom is -0.296 e. The number of hydrogen-bond acceptors (Lipinski definition) is 3. The molecule has 122 valence electrons. The van der Waals surface area contributed by atoms with Gasteiger partial charge >= 0.3 is 0 Å². The van der Waals surface area contributed by atoms with Gasteiger partial charge in [-0.3, -0.25) is 4.90 Å². The number of sulfonamides is 1. The second-order valence-corrected chi connectivity index (χ2v) is 8.71. The van der Waals surface area contributed by atoms with E-state index in [4.69, 9.17) is 0 Å². The molecule has 1 aliphatic carbocycles. The minimum atomic E-state index is -3.45. The van der Waals surface area contributed by atoms with Crippen molar-refractivity contribution in [2.24, 2.45) is 0 Å². The van der Waals surface area contributed by atoms with Crippen molar-refractivity contribution in [2.75, 3.05) is 6.54 Å². The van der Waals surface area contributed by atoms with Gasteiger partial charge in [-0.05, 0) is 58.1 Å². The molecule has 0 radical (unpaired) electrons. The first-order valence-electron chi connectivity index (χ1n) is 8.14. The van der Waals surface area contributed by atoms with Crippen molar-refractivity contribution in [1.82, 2.24) is 9.62 Å². The summed E-state index contributed by atoms with van der Waals surface area (Å²) in [6.07, 6.45) is 3.43. The van der Waals surface area contributed by atoms with Gasteiger partial charge in [0, 0.05) is 24.7 Å². The van der Waals surface area contributed by atoms with Crippen molar-refractivity contribution >= 4 is 10.0 Å². The second kappa shape index (κ2) is 5.62. The molecule has 0 aromatic heterocycles. The van der Waals surface area contributed by atoms with Gasteiger partial charge in [0.2, 0.25) is 10.0 Å². The zero-order chi connectivity index (χ0) is 16.1. The molecule has 1 heterocycles. The van der Waals surface area contributed by atoms with Crippen LogP contribution in [-0.2, 0) is 10.0 Å². The van der Waals surface area contributed by atoms with Crippen molar-refractivity contribution in [3.63, 3.8) is 0 Å². The Labute approximate surface area is 134 Å². The zero-order valence-corrected chi connectivity index (χ0v) is 14.7. The van der Waals surface area contributed by atoms with Crippen molar-refractivity contribution in [3.05, 3.63) is 28.8 Å². The molecule has 1 N–H and O–H groups in total. The van der Waals surface area contributed by atoms with Crippen LogP contribution in [0.5, 0.6) is 0 Å². The van der Waals surface area contributed by atoms with Crippen LogP contribution in [0.1, 0.15) is 42.9 Å². The van der Waals surface area contributed by atoms with E-state index in [2.05, 4.69) is 16.5 Å². The van der Waals surface area contributed by atoms with Gasteiger partial charge in [-0.1, -0.05) is 17.7 Å². The number of aryl methyl sites for hydroxylation is 3. The van der Waals surface area contributed by atoms with Crippen LogP contribution >= 0.6 is 0 Å². The zero-order valence-electron chi connectivity index (χ0n) is 13.9. The van der Waals surface area contributed by atoms with Gasteiger partial charge in [-0.2, -0.15) is 0 Å². The summed E-state index contributed by atoms with van der Waals surface area (Å²) in [4.78, 5) is 2.91. The van der Waals surface area contributed by atoms with E-state index in [1.165, 1.54) is 12.8 Å². The van der Waals surface area contributed by atoms with E-state index in [-0.39, 0.29) is 6.04 Å². The number of nitrogens with one attached hydrogen (secondary N) is 1. The lowest BCUT2D eigenvalue weighted by molar-refractivity contribution is 0.256. The third kappa shape index (κ3) is 3.07. The molecule has 0 amide bonds. The van der Waals surface area contributed by atoms with Crippen molar-refractivity contribution < 1.29 is 8.42 Å². The van der Waals surface area contributed by atoms with Crippen molar-refractivity contribution in [3.8, 4) is 0 Å². The van der Waals surface area contributed by atoms with Crippen LogP contribution in [0.2, 0.25) is 0 Å². The molecule has 5 heteroatoms. The smallest absolute Gasteiger partial charge is 0.241 e. The van der Waals surface area contributed by atoms with E-state index in [0.717, 1.165) is 29.7 Å². The first-order chi connectivity index (χ1) is 10.3. The second-order valence-electron chi connectivity index (χ2n) is 7.06. The summed E-state index contributed by atoms with van der Waals surface area (Å²) in [6.45, 7) is 8.80. The highest BCUT2D eigenvalue weighted by atomic mass is 32.2. The predicted octanol–water partition coefficient (Wildman–Crippen LogP) is 2.52. The molecule has 1 aromatic carbocycles. The van der Waals surface area contributed by atoms with E-state index < -0.39 is 10.0 Å². The van der Waals surface area contributed by atoms with Gasteiger partial charge in [-0.25, -0.2) is 13.1 Å². The van der Waals surface area contributed by atoms with Gasteiger partial charge in [0.1, 0.15) is 0 Å². The van der Waals surface area contributed by atoms with Crippen LogP contribution in [0.15, 0.2) is 17.0 Å². The van der Waals surface area contributed by atoms with Gasteiger partial charge in [-0.15, -0.1) is 0 Å². The Bertz CT molecular complexity index is 657. The van der Waals surface area contributed by atoms with Crippen LogP contribution in [-0.4, -0.2) is 38.0 Å². The SMILES string of the molecule is Cc1cc(C)c(S(=O)(=O)N[C@H]2C[C@H](C)N(C3CC3)C2)c(C)c1. The summed E-state index contributed by atoms with van der Waals surface area (Å²) < 4.78 is 28.6. The molecule has 1 aliphatic heterocycles. The molecule has 22 heavy (non-hydrogen) atoms. The Hall–Kier alpha value is -0.910. The molecule has 0 unspecified atom stereocenters. The van der Waals surface area contributed by atoms with E-state index in [1.54, 1.807) is 0 Å². The maximum Gasteiger partial charge on any atom is 0.241 e. The van der Waals surface area contributed by atoms with E-state index in [0.29, 0.717) is 17.0 Å². The van der Waals surface area contributed by atoms with Crippen LogP contribution in [0.3, 0.4) is 0 Å². The molecule has 0 bridgehead atoms. The Morgan fingerprint density at radius 2 is 1.73 bits per heavy atom. The van der Waals surface area contributed by atoms with Crippen LogP contribution in [0, 0.1) is 20.8 Å². The molecule has 0 spiro atoms. The largest absolute Gasteiger partial charge is 0.296 e.